The van der Waals surface area contributed by atoms with Crippen LogP contribution in [0.1, 0.15) is 21.5 Å². The lowest BCUT2D eigenvalue weighted by Gasteiger charge is -2.16. The predicted octanol–water partition coefficient (Wildman–Crippen LogP) is 4.80. The number of carbonyl (C=O) groups is 2. The number of halogens is 4. The van der Waals surface area contributed by atoms with Crippen LogP contribution >= 0.6 is 0 Å². The Bertz CT molecular complexity index is 1280. The van der Waals surface area contributed by atoms with Crippen LogP contribution in [0.2, 0.25) is 25.7 Å². The molecule has 13 heteroatoms. The topological polar surface area (TPSA) is 84.6 Å². The third kappa shape index (κ3) is 6.13. The summed E-state index contributed by atoms with van der Waals surface area (Å²) in [5, 5.41) is 0. The third-order valence-corrected chi connectivity index (χ3v) is 7.14. The lowest BCUT2D eigenvalue weighted by molar-refractivity contribution is -0.140. The molecule has 0 saturated heterocycles. The average molecular weight is 530 g/mol. The van der Waals surface area contributed by atoms with Gasteiger partial charge in [-0.15, -0.1) is 0 Å². The SMILES string of the molecule is COC(=O)Cc1cn(-c2nc3c(F)cc(C(F)(F)F)cc3n2COCC[Si](C)(C)C)cc1C(=O)OC. The van der Waals surface area contributed by atoms with E-state index in [0.717, 1.165) is 19.2 Å². The van der Waals surface area contributed by atoms with E-state index in [1.165, 1.54) is 28.6 Å². The summed E-state index contributed by atoms with van der Waals surface area (Å²) < 4.78 is 72.8. The van der Waals surface area contributed by atoms with Gasteiger partial charge in [0.25, 0.3) is 0 Å². The second-order valence-corrected chi connectivity index (χ2v) is 15.0. The summed E-state index contributed by atoms with van der Waals surface area (Å²) in [5.41, 5.74) is -1.33. The lowest BCUT2D eigenvalue weighted by atomic mass is 10.1. The minimum Gasteiger partial charge on any atom is -0.469 e. The van der Waals surface area contributed by atoms with Crippen LogP contribution in [0.4, 0.5) is 17.6 Å². The number of carbonyl (C=O) groups excluding carboxylic acids is 2. The van der Waals surface area contributed by atoms with Crippen LogP contribution in [0.3, 0.4) is 0 Å². The second kappa shape index (κ2) is 10.4. The molecule has 3 aromatic rings. The van der Waals surface area contributed by atoms with Crippen LogP contribution in [0, 0.1) is 5.82 Å². The molecule has 0 spiro atoms. The molecule has 0 bridgehead atoms. The van der Waals surface area contributed by atoms with E-state index >= 15 is 0 Å². The van der Waals surface area contributed by atoms with Crippen molar-refractivity contribution in [2.45, 2.75) is 45.0 Å². The minimum atomic E-state index is -4.78. The van der Waals surface area contributed by atoms with Gasteiger partial charge in [0.2, 0.25) is 5.95 Å². The van der Waals surface area contributed by atoms with Gasteiger partial charge in [-0.1, -0.05) is 19.6 Å². The summed E-state index contributed by atoms with van der Waals surface area (Å²) in [7, 11) is 0.901. The molecule has 0 amide bonds. The number of rotatable bonds is 9. The van der Waals surface area contributed by atoms with E-state index in [9.17, 15) is 27.2 Å². The normalized spacial score (nSPS) is 12.2. The first-order chi connectivity index (χ1) is 16.7. The summed E-state index contributed by atoms with van der Waals surface area (Å²) in [5.74, 6) is -2.52. The van der Waals surface area contributed by atoms with E-state index in [-0.39, 0.29) is 41.3 Å². The summed E-state index contributed by atoms with van der Waals surface area (Å²) in [6, 6.07) is 1.99. The maximum Gasteiger partial charge on any atom is 0.416 e. The predicted molar refractivity (Wildman–Crippen MR) is 125 cm³/mol. The molecule has 1 aromatic carbocycles. The molecule has 3 rings (SSSR count). The molecular weight excluding hydrogens is 502 g/mol. The van der Waals surface area contributed by atoms with Gasteiger partial charge in [-0.2, -0.15) is 13.2 Å². The van der Waals surface area contributed by atoms with E-state index in [0.29, 0.717) is 12.7 Å². The van der Waals surface area contributed by atoms with Gasteiger partial charge in [0.15, 0.2) is 5.82 Å². The number of methoxy groups -OCH3 is 2. The van der Waals surface area contributed by atoms with Gasteiger partial charge in [0, 0.05) is 27.1 Å². The quantitative estimate of drug-likeness (QED) is 0.171. The van der Waals surface area contributed by atoms with Crippen LogP contribution < -0.4 is 0 Å². The Morgan fingerprint density at radius 3 is 2.36 bits per heavy atom. The summed E-state index contributed by atoms with van der Waals surface area (Å²) in [4.78, 5) is 28.4. The minimum absolute atomic E-state index is 0.00232. The molecule has 0 unspecified atom stereocenters. The van der Waals surface area contributed by atoms with E-state index in [1.54, 1.807) is 0 Å². The zero-order valence-electron chi connectivity index (χ0n) is 20.5. The van der Waals surface area contributed by atoms with Crippen molar-refractivity contribution in [3.8, 4) is 5.95 Å². The van der Waals surface area contributed by atoms with Crippen molar-refractivity contribution in [1.29, 1.82) is 0 Å². The fraction of sp³-hybridized carbons (Fsp3) is 0.435. The number of nitrogens with zero attached hydrogens (tertiary/aromatic N) is 3. The maximum absolute atomic E-state index is 14.8. The smallest absolute Gasteiger partial charge is 0.416 e. The Labute approximate surface area is 205 Å². The number of benzene rings is 1. The molecule has 36 heavy (non-hydrogen) atoms. The van der Waals surface area contributed by atoms with Crippen molar-refractivity contribution in [2.75, 3.05) is 20.8 Å². The van der Waals surface area contributed by atoms with Crippen molar-refractivity contribution < 1.29 is 41.4 Å². The first kappa shape index (κ1) is 27.4. The van der Waals surface area contributed by atoms with Crippen molar-refractivity contribution in [3.63, 3.8) is 0 Å². The van der Waals surface area contributed by atoms with Gasteiger partial charge >= 0.3 is 18.1 Å². The lowest BCUT2D eigenvalue weighted by Crippen LogP contribution is -2.22. The molecule has 2 heterocycles. The van der Waals surface area contributed by atoms with Gasteiger partial charge in [-0.3, -0.25) is 13.9 Å². The van der Waals surface area contributed by atoms with Crippen molar-refractivity contribution >= 4 is 31.0 Å². The molecule has 0 radical (unpaired) electrons. The number of aromatic nitrogens is 3. The molecule has 196 valence electrons. The van der Waals surface area contributed by atoms with E-state index in [1.807, 2.05) is 0 Å². The number of alkyl halides is 3. The molecule has 0 aliphatic heterocycles. The number of esters is 2. The van der Waals surface area contributed by atoms with Gasteiger partial charge < -0.3 is 14.2 Å². The van der Waals surface area contributed by atoms with E-state index in [2.05, 4.69) is 29.4 Å². The Hall–Kier alpha value is -3.19. The number of fused-ring (bicyclic) bond motifs is 1. The highest BCUT2D eigenvalue weighted by molar-refractivity contribution is 6.76. The molecule has 0 saturated carbocycles. The number of ether oxygens (including phenoxy) is 3. The largest absolute Gasteiger partial charge is 0.469 e. The Balaban J connectivity index is 2.16. The van der Waals surface area contributed by atoms with Crippen LogP contribution in [-0.2, 0) is 38.3 Å². The molecule has 0 fully saturated rings. The molecule has 0 aliphatic rings. The molecule has 0 atom stereocenters. The van der Waals surface area contributed by atoms with E-state index in [4.69, 9.17) is 9.47 Å². The fourth-order valence-electron chi connectivity index (χ4n) is 3.47. The molecule has 0 N–H and O–H groups in total. The number of hydrogen-bond acceptors (Lipinski definition) is 6. The Kier molecular flexibility index (Phi) is 7.93. The highest BCUT2D eigenvalue weighted by Crippen LogP contribution is 2.34. The first-order valence-electron chi connectivity index (χ1n) is 11.0. The van der Waals surface area contributed by atoms with Gasteiger partial charge in [0.1, 0.15) is 12.2 Å². The Morgan fingerprint density at radius 2 is 1.78 bits per heavy atom. The third-order valence-electron chi connectivity index (χ3n) is 5.44. The first-order valence-corrected chi connectivity index (χ1v) is 14.7. The molecule has 0 aliphatic carbocycles. The number of imidazole rings is 1. The maximum atomic E-state index is 14.8. The van der Waals surface area contributed by atoms with Crippen molar-refractivity contribution in [3.05, 3.63) is 47.0 Å². The zero-order valence-corrected chi connectivity index (χ0v) is 21.5. The average Bonchev–Trinajstić information content (AvgIpc) is 3.36. The zero-order chi connectivity index (χ0) is 26.8. The van der Waals surface area contributed by atoms with Crippen molar-refractivity contribution in [1.82, 2.24) is 14.1 Å². The number of hydrogen-bond donors (Lipinski definition) is 0. The molecule has 8 nitrogen and oxygen atoms in total. The van der Waals surface area contributed by atoms with Gasteiger partial charge in [-0.25, -0.2) is 14.2 Å². The molecule has 2 aromatic heterocycles. The standard InChI is InChI=1S/C23H27F4N3O5Si/c1-33-19(31)8-14-11-29(12-16(14)21(32)34-2)22-28-20-17(24)9-15(23(25,26)27)10-18(20)30(22)13-35-6-7-36(3,4)5/h9-12H,6-8,13H2,1-5H3. The summed E-state index contributed by atoms with van der Waals surface area (Å²) in [6.07, 6.45) is -2.34. The van der Waals surface area contributed by atoms with Crippen LogP contribution in [0.15, 0.2) is 24.5 Å². The molecular formula is C23H27F4N3O5Si. The van der Waals surface area contributed by atoms with E-state index < -0.39 is 37.6 Å². The second-order valence-electron chi connectivity index (χ2n) is 9.36. The van der Waals surface area contributed by atoms with Crippen molar-refractivity contribution in [2.24, 2.45) is 0 Å². The monoisotopic (exact) mass is 529 g/mol. The van der Waals surface area contributed by atoms with Crippen LogP contribution in [-0.4, -0.2) is 55.0 Å². The Morgan fingerprint density at radius 1 is 1.08 bits per heavy atom. The highest BCUT2D eigenvalue weighted by atomic mass is 28.3. The van der Waals surface area contributed by atoms with Crippen LogP contribution in [0.5, 0.6) is 0 Å². The fourth-order valence-corrected chi connectivity index (χ4v) is 4.22. The summed E-state index contributed by atoms with van der Waals surface area (Å²) >= 11 is 0. The van der Waals surface area contributed by atoms with Gasteiger partial charge in [-0.05, 0) is 23.7 Å². The van der Waals surface area contributed by atoms with Gasteiger partial charge in [0.05, 0.1) is 37.3 Å². The van der Waals surface area contributed by atoms with Crippen LogP contribution in [0.25, 0.3) is 17.0 Å². The summed E-state index contributed by atoms with van der Waals surface area (Å²) in [6.45, 7) is 6.58. The highest BCUT2D eigenvalue weighted by Gasteiger charge is 2.33.